The van der Waals surface area contributed by atoms with Crippen molar-refractivity contribution in [3.63, 3.8) is 0 Å². The zero-order chi connectivity index (χ0) is 16.8. The average Bonchev–Trinajstić information content (AvgIpc) is 3.05. The third kappa shape index (κ3) is 2.81. The molecule has 0 unspecified atom stereocenters. The molecule has 7 heteroatoms. The molecular formula is C16H19NO5S. The van der Waals surface area contributed by atoms with Gasteiger partial charge in [0.05, 0.1) is 18.6 Å². The van der Waals surface area contributed by atoms with Gasteiger partial charge in [-0.2, -0.15) is 0 Å². The molecule has 0 radical (unpaired) electrons. The van der Waals surface area contributed by atoms with E-state index >= 15 is 0 Å². The van der Waals surface area contributed by atoms with Gasteiger partial charge >= 0.3 is 0 Å². The smallest absolute Gasteiger partial charge is 0.289 e. The van der Waals surface area contributed by atoms with Crippen molar-refractivity contribution < 1.29 is 22.4 Å². The summed E-state index contributed by atoms with van der Waals surface area (Å²) < 4.78 is 34.1. The molecule has 1 aliphatic heterocycles. The highest BCUT2D eigenvalue weighted by Crippen LogP contribution is 2.30. The Labute approximate surface area is 134 Å². The molecule has 1 fully saturated rings. The average molecular weight is 337 g/mol. The summed E-state index contributed by atoms with van der Waals surface area (Å²) in [6, 6.07) is 5.06. The summed E-state index contributed by atoms with van der Waals surface area (Å²) in [4.78, 5) is 14.2. The van der Waals surface area contributed by atoms with Crippen LogP contribution in [0, 0.1) is 6.92 Å². The number of benzene rings is 1. The second-order valence-electron chi connectivity index (χ2n) is 5.89. The van der Waals surface area contributed by atoms with E-state index in [0.29, 0.717) is 17.8 Å². The highest BCUT2D eigenvalue weighted by molar-refractivity contribution is 7.91. The number of sulfone groups is 1. The van der Waals surface area contributed by atoms with Crippen LogP contribution in [0.15, 0.2) is 22.6 Å². The maximum absolute atomic E-state index is 12.7. The molecule has 2 heterocycles. The van der Waals surface area contributed by atoms with E-state index in [1.54, 1.807) is 26.3 Å². The summed E-state index contributed by atoms with van der Waals surface area (Å²) in [5, 5.41) is 0.820. The van der Waals surface area contributed by atoms with Gasteiger partial charge in [0, 0.05) is 24.0 Å². The summed E-state index contributed by atoms with van der Waals surface area (Å²) in [7, 11) is 0.165. The van der Waals surface area contributed by atoms with E-state index in [1.807, 2.05) is 13.0 Å². The first kappa shape index (κ1) is 15.9. The molecule has 1 saturated heterocycles. The molecule has 6 nitrogen and oxygen atoms in total. The number of rotatable bonds is 3. The number of fused-ring (bicyclic) bond motifs is 1. The first-order valence-electron chi connectivity index (χ1n) is 7.37. The summed E-state index contributed by atoms with van der Waals surface area (Å²) in [5.41, 5.74) is 1.34. The molecule has 3 rings (SSSR count). The van der Waals surface area contributed by atoms with Crippen molar-refractivity contribution in [3.05, 3.63) is 29.5 Å². The molecule has 1 aromatic carbocycles. The summed E-state index contributed by atoms with van der Waals surface area (Å²) in [6.45, 7) is 1.82. The molecule has 124 valence electrons. The molecular weight excluding hydrogens is 318 g/mol. The number of ether oxygens (including phenoxy) is 1. The van der Waals surface area contributed by atoms with Crippen molar-refractivity contribution in [2.45, 2.75) is 19.4 Å². The second kappa shape index (κ2) is 5.56. The second-order valence-corrected chi connectivity index (χ2v) is 8.12. The van der Waals surface area contributed by atoms with Crippen LogP contribution in [0.2, 0.25) is 0 Å². The van der Waals surface area contributed by atoms with E-state index in [0.717, 1.165) is 10.9 Å². The Kier molecular flexibility index (Phi) is 3.83. The number of nitrogens with zero attached hydrogens (tertiary/aromatic N) is 1. The maximum Gasteiger partial charge on any atom is 0.289 e. The van der Waals surface area contributed by atoms with Gasteiger partial charge in [-0.05, 0) is 31.5 Å². The van der Waals surface area contributed by atoms with Crippen molar-refractivity contribution in [2.75, 3.05) is 25.7 Å². The largest absolute Gasteiger partial charge is 0.497 e. The minimum absolute atomic E-state index is 0.0162. The van der Waals surface area contributed by atoms with Crippen molar-refractivity contribution >= 4 is 26.7 Å². The lowest BCUT2D eigenvalue weighted by Crippen LogP contribution is -2.37. The van der Waals surface area contributed by atoms with Crippen LogP contribution in [0.5, 0.6) is 5.75 Å². The number of amides is 1. The number of carbonyl (C=O) groups excluding carboxylic acids is 1. The van der Waals surface area contributed by atoms with Crippen LogP contribution in [0.1, 0.15) is 22.5 Å². The van der Waals surface area contributed by atoms with Gasteiger partial charge in [0.1, 0.15) is 11.3 Å². The predicted octanol–water partition coefficient (Wildman–Crippen LogP) is 2.01. The van der Waals surface area contributed by atoms with Crippen LogP contribution in [0.4, 0.5) is 0 Å². The zero-order valence-electron chi connectivity index (χ0n) is 13.3. The van der Waals surface area contributed by atoms with Crippen molar-refractivity contribution in [2.24, 2.45) is 0 Å². The Morgan fingerprint density at radius 1 is 1.39 bits per heavy atom. The molecule has 0 N–H and O–H groups in total. The van der Waals surface area contributed by atoms with Gasteiger partial charge < -0.3 is 14.1 Å². The predicted molar refractivity (Wildman–Crippen MR) is 86.7 cm³/mol. The molecule has 1 aliphatic rings. The Balaban J connectivity index is 1.93. The fourth-order valence-electron chi connectivity index (χ4n) is 2.94. The number of hydrogen-bond donors (Lipinski definition) is 0. The van der Waals surface area contributed by atoms with Crippen molar-refractivity contribution in [1.82, 2.24) is 4.90 Å². The van der Waals surface area contributed by atoms with Crippen LogP contribution in [-0.2, 0) is 9.84 Å². The zero-order valence-corrected chi connectivity index (χ0v) is 14.1. The molecule has 0 saturated carbocycles. The van der Waals surface area contributed by atoms with Gasteiger partial charge in [0.2, 0.25) is 0 Å². The van der Waals surface area contributed by atoms with Crippen molar-refractivity contribution in [3.8, 4) is 5.75 Å². The molecule has 1 atom stereocenters. The Hall–Kier alpha value is -2.02. The Morgan fingerprint density at radius 3 is 2.74 bits per heavy atom. The standard InChI is InChI=1S/C16H19NO5S/c1-10-13-8-12(21-3)4-5-14(13)22-15(10)16(18)17(2)11-6-7-23(19,20)9-11/h4-5,8,11H,6-7,9H2,1-3H3/t11-/m0/s1. The van der Waals surface area contributed by atoms with Crippen LogP contribution in [0.3, 0.4) is 0 Å². The molecule has 2 aromatic rings. The van der Waals surface area contributed by atoms with Gasteiger partial charge in [-0.3, -0.25) is 4.79 Å². The highest BCUT2D eigenvalue weighted by Gasteiger charge is 2.34. The number of furan rings is 1. The minimum atomic E-state index is -3.04. The molecule has 1 amide bonds. The topological polar surface area (TPSA) is 76.8 Å². The lowest BCUT2D eigenvalue weighted by atomic mass is 10.1. The number of hydrogen-bond acceptors (Lipinski definition) is 5. The van der Waals surface area contributed by atoms with E-state index < -0.39 is 9.84 Å². The van der Waals surface area contributed by atoms with Gasteiger partial charge in [0.25, 0.3) is 5.91 Å². The third-order valence-corrected chi connectivity index (χ3v) is 6.16. The first-order chi connectivity index (χ1) is 10.8. The maximum atomic E-state index is 12.7. The molecule has 1 aromatic heterocycles. The van der Waals surface area contributed by atoms with Crippen LogP contribution >= 0.6 is 0 Å². The van der Waals surface area contributed by atoms with E-state index in [2.05, 4.69) is 0 Å². The third-order valence-electron chi connectivity index (χ3n) is 4.41. The lowest BCUT2D eigenvalue weighted by molar-refractivity contribution is 0.0717. The van der Waals surface area contributed by atoms with Crippen LogP contribution in [-0.4, -0.2) is 50.9 Å². The van der Waals surface area contributed by atoms with E-state index in [9.17, 15) is 13.2 Å². The molecule has 0 bridgehead atoms. The van der Waals surface area contributed by atoms with E-state index in [-0.39, 0.29) is 29.2 Å². The number of methoxy groups -OCH3 is 1. The van der Waals surface area contributed by atoms with Gasteiger partial charge in [-0.15, -0.1) is 0 Å². The molecule has 0 spiro atoms. The Morgan fingerprint density at radius 2 is 2.13 bits per heavy atom. The number of carbonyl (C=O) groups is 1. The highest BCUT2D eigenvalue weighted by atomic mass is 32.2. The Bertz CT molecular complexity index is 868. The normalized spacial score (nSPS) is 19.9. The molecule has 0 aliphatic carbocycles. The monoisotopic (exact) mass is 337 g/mol. The SMILES string of the molecule is COc1ccc2oc(C(=O)N(C)[C@H]3CCS(=O)(=O)C3)c(C)c2c1. The van der Waals surface area contributed by atoms with Crippen LogP contribution < -0.4 is 4.74 Å². The van der Waals surface area contributed by atoms with Crippen LogP contribution in [0.25, 0.3) is 11.0 Å². The van der Waals surface area contributed by atoms with E-state index in [1.165, 1.54) is 4.90 Å². The molecule has 23 heavy (non-hydrogen) atoms. The minimum Gasteiger partial charge on any atom is -0.497 e. The summed E-state index contributed by atoms with van der Waals surface area (Å²) >= 11 is 0. The lowest BCUT2D eigenvalue weighted by Gasteiger charge is -2.22. The fraction of sp³-hybridized carbons (Fsp3) is 0.438. The van der Waals surface area contributed by atoms with Gasteiger partial charge in [-0.25, -0.2) is 8.42 Å². The van der Waals surface area contributed by atoms with Gasteiger partial charge in [-0.1, -0.05) is 0 Å². The summed E-state index contributed by atoms with van der Waals surface area (Å²) in [6.07, 6.45) is 0.470. The van der Waals surface area contributed by atoms with Gasteiger partial charge in [0.15, 0.2) is 15.6 Å². The van der Waals surface area contributed by atoms with Crippen molar-refractivity contribution in [1.29, 1.82) is 0 Å². The number of aryl methyl sites for hydroxylation is 1. The van der Waals surface area contributed by atoms with E-state index in [4.69, 9.17) is 9.15 Å². The quantitative estimate of drug-likeness (QED) is 0.856. The fourth-order valence-corrected chi connectivity index (χ4v) is 4.71. The summed E-state index contributed by atoms with van der Waals surface area (Å²) in [5.74, 6) is 0.795. The first-order valence-corrected chi connectivity index (χ1v) is 9.19.